The number of aromatic nitrogens is 1. The quantitative estimate of drug-likeness (QED) is 0.788. The Morgan fingerprint density at radius 2 is 2.25 bits per heavy atom. The number of carbonyl (C=O) groups is 1. The standard InChI is InChI=1S/C15H19N3O2/c16-5-1-2-13-8-14(11-17-9-13)15(19)18-10-12-3-6-20-7-4-12/h8-9,11-12H,3-7,10,16H2,(H,18,19). The summed E-state index contributed by atoms with van der Waals surface area (Å²) in [6.45, 7) is 2.54. The first-order valence-corrected chi connectivity index (χ1v) is 6.79. The van der Waals surface area contributed by atoms with Gasteiger partial charge in [0.1, 0.15) is 0 Å². The van der Waals surface area contributed by atoms with Gasteiger partial charge in [-0.1, -0.05) is 11.8 Å². The van der Waals surface area contributed by atoms with Crippen LogP contribution in [0.4, 0.5) is 0 Å². The zero-order chi connectivity index (χ0) is 14.2. The first-order chi connectivity index (χ1) is 9.79. The van der Waals surface area contributed by atoms with E-state index < -0.39 is 0 Å². The maximum absolute atomic E-state index is 12.1. The van der Waals surface area contributed by atoms with Gasteiger partial charge in [0.25, 0.3) is 5.91 Å². The molecule has 0 saturated carbocycles. The van der Waals surface area contributed by atoms with Gasteiger partial charge in [-0.3, -0.25) is 9.78 Å². The molecule has 0 atom stereocenters. The van der Waals surface area contributed by atoms with E-state index in [2.05, 4.69) is 22.1 Å². The second-order valence-electron chi connectivity index (χ2n) is 4.73. The predicted molar refractivity (Wildman–Crippen MR) is 76.0 cm³/mol. The average molecular weight is 273 g/mol. The Morgan fingerprint density at radius 1 is 1.45 bits per heavy atom. The molecule has 1 amide bonds. The molecule has 1 aromatic heterocycles. The van der Waals surface area contributed by atoms with Gasteiger partial charge in [0.2, 0.25) is 0 Å². The van der Waals surface area contributed by atoms with Gasteiger partial charge in [0, 0.05) is 37.7 Å². The fourth-order valence-electron chi connectivity index (χ4n) is 2.08. The third kappa shape index (κ3) is 4.34. The summed E-state index contributed by atoms with van der Waals surface area (Å²) in [6, 6.07) is 1.73. The molecule has 1 fully saturated rings. The third-order valence-corrected chi connectivity index (χ3v) is 3.23. The molecule has 3 N–H and O–H groups in total. The Bertz CT molecular complexity index is 513. The number of amides is 1. The number of hydrogen-bond donors (Lipinski definition) is 2. The minimum Gasteiger partial charge on any atom is -0.381 e. The van der Waals surface area contributed by atoms with Crippen molar-refractivity contribution in [3.63, 3.8) is 0 Å². The molecule has 0 bridgehead atoms. The van der Waals surface area contributed by atoms with Crippen molar-refractivity contribution in [3.8, 4) is 11.8 Å². The van der Waals surface area contributed by atoms with Crippen molar-refractivity contribution < 1.29 is 9.53 Å². The summed E-state index contributed by atoms with van der Waals surface area (Å²) in [5.41, 5.74) is 6.55. The number of rotatable bonds is 3. The molecule has 106 valence electrons. The number of nitrogens with one attached hydrogen (secondary N) is 1. The molecule has 1 aromatic rings. The normalized spacial score (nSPS) is 15.2. The number of hydrogen-bond acceptors (Lipinski definition) is 4. The first-order valence-electron chi connectivity index (χ1n) is 6.79. The summed E-state index contributed by atoms with van der Waals surface area (Å²) in [5, 5.41) is 2.94. The zero-order valence-electron chi connectivity index (χ0n) is 11.4. The highest BCUT2D eigenvalue weighted by molar-refractivity contribution is 5.94. The fourth-order valence-corrected chi connectivity index (χ4v) is 2.08. The van der Waals surface area contributed by atoms with E-state index in [9.17, 15) is 4.79 Å². The molecule has 5 nitrogen and oxygen atoms in total. The Kier molecular flexibility index (Phi) is 5.54. The summed E-state index contributed by atoms with van der Waals surface area (Å²) >= 11 is 0. The highest BCUT2D eigenvalue weighted by atomic mass is 16.5. The highest BCUT2D eigenvalue weighted by Crippen LogP contribution is 2.13. The van der Waals surface area contributed by atoms with E-state index in [1.165, 1.54) is 0 Å². The van der Waals surface area contributed by atoms with Crippen LogP contribution in [0.15, 0.2) is 18.5 Å². The molecule has 0 aromatic carbocycles. The summed E-state index contributed by atoms with van der Waals surface area (Å²) in [4.78, 5) is 16.1. The van der Waals surface area contributed by atoms with E-state index in [0.29, 0.717) is 30.1 Å². The maximum atomic E-state index is 12.1. The second kappa shape index (κ2) is 7.63. The van der Waals surface area contributed by atoms with E-state index in [0.717, 1.165) is 26.1 Å². The average Bonchev–Trinajstić information content (AvgIpc) is 2.52. The van der Waals surface area contributed by atoms with Crippen LogP contribution < -0.4 is 11.1 Å². The van der Waals surface area contributed by atoms with Gasteiger partial charge in [-0.15, -0.1) is 0 Å². The minimum absolute atomic E-state index is 0.111. The lowest BCUT2D eigenvalue weighted by atomic mass is 10.0. The van der Waals surface area contributed by atoms with Crippen LogP contribution >= 0.6 is 0 Å². The smallest absolute Gasteiger partial charge is 0.252 e. The van der Waals surface area contributed by atoms with Crippen molar-refractivity contribution in [2.45, 2.75) is 12.8 Å². The number of ether oxygens (including phenoxy) is 1. The molecular weight excluding hydrogens is 254 g/mol. The summed E-state index contributed by atoms with van der Waals surface area (Å²) < 4.78 is 5.30. The predicted octanol–water partition coefficient (Wildman–Crippen LogP) is 0.548. The molecule has 2 rings (SSSR count). The first kappa shape index (κ1) is 14.5. The molecular formula is C15H19N3O2. The SMILES string of the molecule is NCC#Cc1cncc(C(=O)NCC2CCOCC2)c1. The van der Waals surface area contributed by atoms with Crippen molar-refractivity contribution in [2.75, 3.05) is 26.3 Å². The summed E-state index contributed by atoms with van der Waals surface area (Å²) in [5.74, 6) is 6.01. The van der Waals surface area contributed by atoms with E-state index in [4.69, 9.17) is 10.5 Å². The van der Waals surface area contributed by atoms with Gasteiger partial charge in [-0.05, 0) is 24.8 Å². The second-order valence-corrected chi connectivity index (χ2v) is 4.73. The molecule has 1 saturated heterocycles. The van der Waals surface area contributed by atoms with E-state index in [1.807, 2.05) is 0 Å². The van der Waals surface area contributed by atoms with Crippen molar-refractivity contribution in [1.29, 1.82) is 0 Å². The fraction of sp³-hybridized carbons (Fsp3) is 0.467. The van der Waals surface area contributed by atoms with E-state index in [1.54, 1.807) is 18.5 Å². The van der Waals surface area contributed by atoms with Crippen LogP contribution in [-0.2, 0) is 4.74 Å². The molecule has 20 heavy (non-hydrogen) atoms. The van der Waals surface area contributed by atoms with Gasteiger partial charge in [0.15, 0.2) is 0 Å². The Hall–Kier alpha value is -1.90. The topological polar surface area (TPSA) is 77.2 Å². The lowest BCUT2D eigenvalue weighted by Gasteiger charge is -2.22. The molecule has 0 radical (unpaired) electrons. The van der Waals surface area contributed by atoms with Gasteiger partial charge >= 0.3 is 0 Å². The zero-order valence-corrected chi connectivity index (χ0v) is 11.4. The molecule has 0 spiro atoms. The monoisotopic (exact) mass is 273 g/mol. The Labute approximate surface area is 118 Å². The Balaban J connectivity index is 1.91. The molecule has 5 heteroatoms. The number of nitrogens with two attached hydrogens (primary N) is 1. The van der Waals surface area contributed by atoms with Gasteiger partial charge in [-0.25, -0.2) is 0 Å². The lowest BCUT2D eigenvalue weighted by Crippen LogP contribution is -2.32. The number of pyridine rings is 1. The van der Waals surface area contributed by atoms with Crippen LogP contribution in [0, 0.1) is 17.8 Å². The lowest BCUT2D eigenvalue weighted by molar-refractivity contribution is 0.0642. The van der Waals surface area contributed by atoms with Crippen LogP contribution in [-0.4, -0.2) is 37.2 Å². The van der Waals surface area contributed by atoms with Crippen molar-refractivity contribution in [1.82, 2.24) is 10.3 Å². The Morgan fingerprint density at radius 3 is 3.00 bits per heavy atom. The molecule has 0 aliphatic carbocycles. The maximum Gasteiger partial charge on any atom is 0.252 e. The van der Waals surface area contributed by atoms with Crippen molar-refractivity contribution in [3.05, 3.63) is 29.6 Å². The molecule has 1 aliphatic heterocycles. The van der Waals surface area contributed by atoms with E-state index in [-0.39, 0.29) is 5.91 Å². The van der Waals surface area contributed by atoms with Gasteiger partial charge < -0.3 is 15.8 Å². The largest absolute Gasteiger partial charge is 0.381 e. The summed E-state index contributed by atoms with van der Waals surface area (Å²) in [7, 11) is 0. The van der Waals surface area contributed by atoms with E-state index >= 15 is 0 Å². The van der Waals surface area contributed by atoms with Gasteiger partial charge in [-0.2, -0.15) is 0 Å². The van der Waals surface area contributed by atoms with Crippen LogP contribution in [0.5, 0.6) is 0 Å². The third-order valence-electron chi connectivity index (χ3n) is 3.23. The molecule has 0 unspecified atom stereocenters. The molecule has 2 heterocycles. The van der Waals surface area contributed by atoms with Crippen LogP contribution in [0.25, 0.3) is 0 Å². The van der Waals surface area contributed by atoms with Crippen molar-refractivity contribution >= 4 is 5.91 Å². The van der Waals surface area contributed by atoms with Crippen LogP contribution in [0.1, 0.15) is 28.8 Å². The van der Waals surface area contributed by atoms with Crippen LogP contribution in [0.3, 0.4) is 0 Å². The highest BCUT2D eigenvalue weighted by Gasteiger charge is 2.15. The van der Waals surface area contributed by atoms with Gasteiger partial charge in [0.05, 0.1) is 12.1 Å². The summed E-state index contributed by atoms with van der Waals surface area (Å²) in [6.07, 6.45) is 5.17. The number of nitrogens with zero attached hydrogens (tertiary/aromatic N) is 1. The van der Waals surface area contributed by atoms with Crippen molar-refractivity contribution in [2.24, 2.45) is 11.7 Å². The number of carbonyl (C=O) groups excluding carboxylic acids is 1. The minimum atomic E-state index is -0.111. The molecule has 1 aliphatic rings. The van der Waals surface area contributed by atoms with Crippen LogP contribution in [0.2, 0.25) is 0 Å².